The van der Waals surface area contributed by atoms with E-state index in [0.717, 1.165) is 30.8 Å². The van der Waals surface area contributed by atoms with Gasteiger partial charge in [-0.05, 0) is 38.5 Å². The molecule has 1 heterocycles. The van der Waals surface area contributed by atoms with E-state index in [1.165, 1.54) is 19.4 Å². The van der Waals surface area contributed by atoms with Gasteiger partial charge in [0.15, 0.2) is 0 Å². The molecule has 2 rings (SSSR count). The molecular formula is C16H26N4. The minimum Gasteiger partial charge on any atom is -0.384 e. The second kappa shape index (κ2) is 6.86. The van der Waals surface area contributed by atoms with Gasteiger partial charge in [0.2, 0.25) is 0 Å². The molecule has 1 aromatic carbocycles. The van der Waals surface area contributed by atoms with Crippen LogP contribution in [0.15, 0.2) is 24.3 Å². The van der Waals surface area contributed by atoms with E-state index in [1.807, 2.05) is 18.2 Å². The van der Waals surface area contributed by atoms with Crippen molar-refractivity contribution in [1.29, 1.82) is 5.41 Å². The Hall–Kier alpha value is -1.39. The van der Waals surface area contributed by atoms with Crippen molar-refractivity contribution < 1.29 is 0 Å². The Labute approximate surface area is 122 Å². The van der Waals surface area contributed by atoms with Gasteiger partial charge in [-0.15, -0.1) is 0 Å². The number of nitrogen functional groups attached to an aromatic ring is 1. The summed E-state index contributed by atoms with van der Waals surface area (Å²) in [4.78, 5) is 4.91. The van der Waals surface area contributed by atoms with E-state index < -0.39 is 0 Å². The van der Waals surface area contributed by atoms with Crippen LogP contribution >= 0.6 is 0 Å². The van der Waals surface area contributed by atoms with Crippen molar-refractivity contribution in [3.05, 3.63) is 35.4 Å². The van der Waals surface area contributed by atoms with Crippen molar-refractivity contribution in [3.8, 4) is 0 Å². The smallest absolute Gasteiger partial charge is 0.123 e. The van der Waals surface area contributed by atoms with Gasteiger partial charge in [0.25, 0.3) is 0 Å². The quantitative estimate of drug-likeness (QED) is 0.615. The summed E-state index contributed by atoms with van der Waals surface area (Å²) in [6.07, 6.45) is 2.61. The molecule has 0 amide bonds. The van der Waals surface area contributed by atoms with Gasteiger partial charge >= 0.3 is 0 Å². The fraction of sp³-hybridized carbons (Fsp3) is 0.562. The van der Waals surface area contributed by atoms with Crippen LogP contribution in [0.4, 0.5) is 0 Å². The lowest BCUT2D eigenvalue weighted by atomic mass is 10.1. The molecular weight excluding hydrogens is 248 g/mol. The van der Waals surface area contributed by atoms with E-state index in [4.69, 9.17) is 11.1 Å². The number of nitrogens with zero attached hydrogens (tertiary/aromatic N) is 2. The molecule has 4 nitrogen and oxygen atoms in total. The largest absolute Gasteiger partial charge is 0.384 e. The molecule has 1 fully saturated rings. The number of benzene rings is 1. The number of nitrogens with two attached hydrogens (primary N) is 1. The van der Waals surface area contributed by atoms with E-state index >= 15 is 0 Å². The number of hydrogen-bond donors (Lipinski definition) is 2. The molecule has 0 aromatic heterocycles. The highest BCUT2D eigenvalue weighted by Gasteiger charge is 2.24. The molecule has 0 spiro atoms. The minimum absolute atomic E-state index is 0.157. The second-order valence-corrected chi connectivity index (χ2v) is 5.69. The van der Waals surface area contributed by atoms with Gasteiger partial charge in [0.1, 0.15) is 5.84 Å². The highest BCUT2D eigenvalue weighted by molar-refractivity contribution is 5.96. The molecule has 0 aliphatic carbocycles. The molecule has 1 aromatic rings. The normalized spacial score (nSPS) is 19.6. The van der Waals surface area contributed by atoms with Gasteiger partial charge < -0.3 is 10.6 Å². The van der Waals surface area contributed by atoms with Crippen molar-refractivity contribution in [1.82, 2.24) is 9.80 Å². The maximum absolute atomic E-state index is 7.66. The highest BCUT2D eigenvalue weighted by Crippen LogP contribution is 2.18. The van der Waals surface area contributed by atoms with Crippen molar-refractivity contribution in [2.24, 2.45) is 5.73 Å². The third-order valence-electron chi connectivity index (χ3n) is 4.18. The number of likely N-dealkylation sites (N-methyl/N-ethyl adjacent to an activating group) is 2. The van der Waals surface area contributed by atoms with E-state index in [1.54, 1.807) is 0 Å². The summed E-state index contributed by atoms with van der Waals surface area (Å²) in [7, 11) is 2.16. The molecule has 0 saturated carbocycles. The van der Waals surface area contributed by atoms with Crippen LogP contribution in [-0.2, 0) is 6.54 Å². The molecule has 20 heavy (non-hydrogen) atoms. The Kier molecular flexibility index (Phi) is 5.15. The Morgan fingerprint density at radius 1 is 1.45 bits per heavy atom. The first-order valence-electron chi connectivity index (χ1n) is 7.46. The van der Waals surface area contributed by atoms with Crippen LogP contribution in [0, 0.1) is 5.41 Å². The van der Waals surface area contributed by atoms with Crippen LogP contribution in [0.25, 0.3) is 0 Å². The van der Waals surface area contributed by atoms with Crippen molar-refractivity contribution in [2.75, 3.05) is 26.7 Å². The number of rotatable bonds is 6. The van der Waals surface area contributed by atoms with Gasteiger partial charge in [-0.25, -0.2) is 0 Å². The fourth-order valence-corrected chi connectivity index (χ4v) is 3.15. The van der Waals surface area contributed by atoms with E-state index in [9.17, 15) is 0 Å². The monoisotopic (exact) mass is 274 g/mol. The van der Waals surface area contributed by atoms with Gasteiger partial charge in [-0.1, -0.05) is 31.2 Å². The van der Waals surface area contributed by atoms with Crippen molar-refractivity contribution in [2.45, 2.75) is 32.4 Å². The molecule has 1 unspecified atom stereocenters. The molecule has 0 bridgehead atoms. The van der Waals surface area contributed by atoms with Crippen LogP contribution in [0.1, 0.15) is 30.9 Å². The second-order valence-electron chi connectivity index (χ2n) is 5.69. The lowest BCUT2D eigenvalue weighted by Crippen LogP contribution is -2.38. The Balaban J connectivity index is 1.98. The summed E-state index contributed by atoms with van der Waals surface area (Å²) < 4.78 is 0. The fourth-order valence-electron chi connectivity index (χ4n) is 3.15. The van der Waals surface area contributed by atoms with Crippen molar-refractivity contribution >= 4 is 5.84 Å². The Morgan fingerprint density at radius 3 is 2.90 bits per heavy atom. The third kappa shape index (κ3) is 3.58. The standard InChI is InChI=1S/C16H26N4/c1-3-20-10-6-8-14(20)12-19(2)11-13-7-4-5-9-15(13)16(17)18/h4-5,7,9,14H,3,6,8,10-12H2,1-2H3,(H3,17,18). The topological polar surface area (TPSA) is 56.4 Å². The van der Waals surface area contributed by atoms with Crippen LogP contribution in [0.3, 0.4) is 0 Å². The zero-order chi connectivity index (χ0) is 14.5. The molecule has 1 atom stereocenters. The van der Waals surface area contributed by atoms with E-state index in [2.05, 4.69) is 29.8 Å². The van der Waals surface area contributed by atoms with Gasteiger partial charge in [-0.3, -0.25) is 10.3 Å². The average Bonchev–Trinajstić information content (AvgIpc) is 2.86. The molecule has 4 heteroatoms. The van der Waals surface area contributed by atoms with Crippen molar-refractivity contribution in [3.63, 3.8) is 0 Å². The summed E-state index contributed by atoms with van der Waals surface area (Å²) in [6.45, 7) is 6.55. The zero-order valence-electron chi connectivity index (χ0n) is 12.6. The molecule has 1 aliphatic heterocycles. The lowest BCUT2D eigenvalue weighted by molar-refractivity contribution is 0.195. The summed E-state index contributed by atoms with van der Waals surface area (Å²) in [5.41, 5.74) is 7.66. The minimum atomic E-state index is 0.157. The highest BCUT2D eigenvalue weighted by atomic mass is 15.2. The van der Waals surface area contributed by atoms with Gasteiger partial charge in [-0.2, -0.15) is 0 Å². The first-order valence-corrected chi connectivity index (χ1v) is 7.46. The predicted molar refractivity (Wildman–Crippen MR) is 84.1 cm³/mol. The molecule has 0 radical (unpaired) electrons. The molecule has 1 saturated heterocycles. The molecule has 1 aliphatic rings. The average molecular weight is 274 g/mol. The molecule has 3 N–H and O–H groups in total. The maximum atomic E-state index is 7.66. The van der Waals surface area contributed by atoms with Crippen LogP contribution in [0.2, 0.25) is 0 Å². The first kappa shape index (κ1) is 15.0. The number of likely N-dealkylation sites (tertiary alicyclic amines) is 1. The number of nitrogens with one attached hydrogen (secondary N) is 1. The SMILES string of the molecule is CCN1CCCC1CN(C)Cc1ccccc1C(=N)N. The van der Waals surface area contributed by atoms with Crippen LogP contribution in [-0.4, -0.2) is 48.4 Å². The van der Waals surface area contributed by atoms with Crippen LogP contribution < -0.4 is 5.73 Å². The summed E-state index contributed by atoms with van der Waals surface area (Å²) in [5.74, 6) is 0.157. The van der Waals surface area contributed by atoms with E-state index in [0.29, 0.717) is 6.04 Å². The lowest BCUT2D eigenvalue weighted by Gasteiger charge is -2.28. The first-order chi connectivity index (χ1) is 9.61. The summed E-state index contributed by atoms with van der Waals surface area (Å²) in [5, 5.41) is 7.66. The molecule has 110 valence electrons. The third-order valence-corrected chi connectivity index (χ3v) is 4.18. The Bertz CT molecular complexity index is 458. The predicted octanol–water partition coefficient (Wildman–Crippen LogP) is 1.89. The maximum Gasteiger partial charge on any atom is 0.123 e. The number of hydrogen-bond acceptors (Lipinski definition) is 3. The van der Waals surface area contributed by atoms with E-state index in [-0.39, 0.29) is 5.84 Å². The summed E-state index contributed by atoms with van der Waals surface area (Å²) in [6, 6.07) is 8.63. The van der Waals surface area contributed by atoms with Crippen LogP contribution in [0.5, 0.6) is 0 Å². The summed E-state index contributed by atoms with van der Waals surface area (Å²) >= 11 is 0. The Morgan fingerprint density at radius 2 is 2.20 bits per heavy atom. The zero-order valence-corrected chi connectivity index (χ0v) is 12.6. The number of amidine groups is 1. The van der Waals surface area contributed by atoms with Gasteiger partial charge in [0.05, 0.1) is 0 Å². The van der Waals surface area contributed by atoms with Gasteiger partial charge in [0, 0.05) is 24.7 Å².